The van der Waals surface area contributed by atoms with Crippen LogP contribution in [0.1, 0.15) is 57.5 Å². The second-order valence-electron chi connectivity index (χ2n) is 7.16. The summed E-state index contributed by atoms with van der Waals surface area (Å²) in [5.74, 6) is 0.939. The Labute approximate surface area is 160 Å². The van der Waals surface area contributed by atoms with Gasteiger partial charge in [-0.05, 0) is 59.7 Å². The van der Waals surface area contributed by atoms with Gasteiger partial charge in [-0.2, -0.15) is 0 Å². The van der Waals surface area contributed by atoms with E-state index in [1.54, 1.807) is 6.92 Å². The van der Waals surface area contributed by atoms with Gasteiger partial charge in [0.1, 0.15) is 18.0 Å². The largest absolute Gasteiger partial charge is 0.485 e. The van der Waals surface area contributed by atoms with E-state index in [2.05, 4.69) is 43.1 Å². The number of hydrogen-bond acceptors (Lipinski definition) is 3. The molecule has 0 aliphatic heterocycles. The molecule has 0 amide bonds. The fraction of sp³-hybridized carbons (Fsp3) is 0.348. The highest BCUT2D eigenvalue weighted by molar-refractivity contribution is 5.80. The smallest absolute Gasteiger partial charge is 0.306 e. The lowest BCUT2D eigenvalue weighted by Gasteiger charge is -2.23. The molecule has 3 aromatic rings. The van der Waals surface area contributed by atoms with Crippen molar-refractivity contribution in [2.24, 2.45) is 5.92 Å². The summed E-state index contributed by atoms with van der Waals surface area (Å²) < 4.78 is 11.7. The van der Waals surface area contributed by atoms with Crippen molar-refractivity contribution in [1.82, 2.24) is 4.98 Å². The first-order valence-corrected chi connectivity index (χ1v) is 9.51. The Kier molecular flexibility index (Phi) is 5.84. The van der Waals surface area contributed by atoms with Crippen molar-refractivity contribution < 1.29 is 14.3 Å². The highest BCUT2D eigenvalue weighted by Gasteiger charge is 2.19. The lowest BCUT2D eigenvalue weighted by atomic mass is 9.97. The third-order valence-electron chi connectivity index (χ3n) is 4.72. The summed E-state index contributed by atoms with van der Waals surface area (Å²) in [5, 5.41) is 1.18. The van der Waals surface area contributed by atoms with Crippen molar-refractivity contribution in [3.63, 3.8) is 0 Å². The number of ether oxygens (including phenoxy) is 2. The normalized spacial score (nSPS) is 13.5. The molecule has 0 saturated heterocycles. The Hall–Kier alpha value is -2.75. The molecule has 0 fully saturated rings. The predicted octanol–water partition coefficient (Wildman–Crippen LogP) is 5.96. The van der Waals surface area contributed by atoms with Crippen molar-refractivity contribution in [3.8, 4) is 5.75 Å². The summed E-state index contributed by atoms with van der Waals surface area (Å²) in [5.41, 5.74) is 3.24. The molecule has 3 rings (SSSR count). The monoisotopic (exact) mass is 365 g/mol. The molecule has 0 spiro atoms. The van der Waals surface area contributed by atoms with Crippen LogP contribution in [-0.4, -0.2) is 11.0 Å². The minimum Gasteiger partial charge on any atom is -0.485 e. The molecule has 1 aromatic heterocycles. The minimum absolute atomic E-state index is 0.0366. The van der Waals surface area contributed by atoms with Crippen LogP contribution in [0.5, 0.6) is 5.75 Å². The van der Waals surface area contributed by atoms with Gasteiger partial charge in [-0.15, -0.1) is 0 Å². The van der Waals surface area contributed by atoms with Crippen LogP contribution in [-0.2, 0) is 9.53 Å². The number of benzene rings is 2. The van der Waals surface area contributed by atoms with Gasteiger partial charge in [-0.1, -0.05) is 39.0 Å². The lowest BCUT2D eigenvalue weighted by molar-refractivity contribution is -0.148. The average Bonchev–Trinajstić information content (AvgIpc) is 3.13. The molecule has 2 unspecified atom stereocenters. The highest BCUT2D eigenvalue weighted by Crippen LogP contribution is 2.31. The predicted molar refractivity (Wildman–Crippen MR) is 108 cm³/mol. The Morgan fingerprint density at radius 1 is 1.00 bits per heavy atom. The number of fused-ring (bicyclic) bond motifs is 1. The van der Waals surface area contributed by atoms with Crippen LogP contribution in [0.2, 0.25) is 0 Å². The van der Waals surface area contributed by atoms with Crippen molar-refractivity contribution in [2.75, 3.05) is 0 Å². The maximum absolute atomic E-state index is 11.5. The van der Waals surface area contributed by atoms with Crippen LogP contribution < -0.4 is 4.74 Å². The number of aromatic amines is 1. The molecular formula is C23H27NO3. The van der Waals surface area contributed by atoms with E-state index < -0.39 is 0 Å². The van der Waals surface area contributed by atoms with Gasteiger partial charge in [0.05, 0.1) is 0 Å². The molecule has 4 heteroatoms. The molecule has 0 aliphatic rings. The second-order valence-corrected chi connectivity index (χ2v) is 7.16. The Balaban J connectivity index is 1.75. The molecule has 2 atom stereocenters. The van der Waals surface area contributed by atoms with Gasteiger partial charge in [-0.3, -0.25) is 4.79 Å². The molecule has 4 nitrogen and oxygen atoms in total. The van der Waals surface area contributed by atoms with Crippen molar-refractivity contribution >= 4 is 16.9 Å². The number of carbonyl (C=O) groups excluding carboxylic acids is 1. The van der Waals surface area contributed by atoms with Crippen LogP contribution in [0, 0.1) is 5.92 Å². The standard InChI is InChI=1S/C23H27NO3/c1-5-22(25)26-16(4)17-6-9-20(10-7-17)27-23(15(2)3)19-8-11-21-18(14-19)12-13-24-21/h6-16,23-24H,5H2,1-4H3. The lowest BCUT2D eigenvalue weighted by Crippen LogP contribution is -2.14. The summed E-state index contributed by atoms with van der Waals surface area (Å²) in [6, 6.07) is 16.2. The van der Waals surface area contributed by atoms with Crippen molar-refractivity contribution in [3.05, 3.63) is 65.9 Å². The van der Waals surface area contributed by atoms with Crippen molar-refractivity contribution in [2.45, 2.75) is 46.3 Å². The van der Waals surface area contributed by atoms with E-state index in [1.165, 1.54) is 5.39 Å². The molecule has 142 valence electrons. The molecule has 0 bridgehead atoms. The maximum atomic E-state index is 11.5. The van der Waals surface area contributed by atoms with E-state index in [9.17, 15) is 4.79 Å². The van der Waals surface area contributed by atoms with E-state index in [4.69, 9.17) is 9.47 Å². The third kappa shape index (κ3) is 4.51. The van der Waals surface area contributed by atoms with Crippen LogP contribution in [0.25, 0.3) is 10.9 Å². The fourth-order valence-corrected chi connectivity index (χ4v) is 3.15. The first kappa shape index (κ1) is 19.0. The first-order valence-electron chi connectivity index (χ1n) is 9.51. The summed E-state index contributed by atoms with van der Waals surface area (Å²) in [7, 11) is 0. The van der Waals surface area contributed by atoms with Gasteiger partial charge < -0.3 is 14.5 Å². The number of esters is 1. The van der Waals surface area contributed by atoms with Gasteiger partial charge in [0.2, 0.25) is 0 Å². The van der Waals surface area contributed by atoms with Gasteiger partial charge in [0.25, 0.3) is 0 Å². The minimum atomic E-state index is -0.261. The molecule has 0 saturated carbocycles. The molecular weight excluding hydrogens is 338 g/mol. The van der Waals surface area contributed by atoms with Crippen LogP contribution in [0.3, 0.4) is 0 Å². The van der Waals surface area contributed by atoms with E-state index in [0.717, 1.165) is 22.4 Å². The van der Waals surface area contributed by atoms with Gasteiger partial charge >= 0.3 is 5.97 Å². The summed E-state index contributed by atoms with van der Waals surface area (Å²) in [4.78, 5) is 14.7. The Bertz CT molecular complexity index is 895. The number of H-pyrrole nitrogens is 1. The topological polar surface area (TPSA) is 51.3 Å². The second kappa shape index (κ2) is 8.30. The average molecular weight is 365 g/mol. The highest BCUT2D eigenvalue weighted by atomic mass is 16.5. The molecule has 0 radical (unpaired) electrons. The van der Waals surface area contributed by atoms with E-state index in [-0.39, 0.29) is 18.2 Å². The van der Waals surface area contributed by atoms with E-state index in [1.807, 2.05) is 37.4 Å². The van der Waals surface area contributed by atoms with Crippen LogP contribution >= 0.6 is 0 Å². The zero-order valence-corrected chi connectivity index (χ0v) is 16.4. The van der Waals surface area contributed by atoms with E-state index in [0.29, 0.717) is 12.3 Å². The molecule has 1 heterocycles. The molecule has 0 aliphatic carbocycles. The van der Waals surface area contributed by atoms with Crippen LogP contribution in [0.4, 0.5) is 0 Å². The molecule has 27 heavy (non-hydrogen) atoms. The first-order chi connectivity index (χ1) is 13.0. The number of carbonyl (C=O) groups is 1. The number of rotatable bonds is 7. The number of aromatic nitrogens is 1. The van der Waals surface area contributed by atoms with Gasteiger partial charge in [0.15, 0.2) is 0 Å². The SMILES string of the molecule is CCC(=O)OC(C)c1ccc(OC(c2ccc3[nH]ccc3c2)C(C)C)cc1. The third-order valence-corrected chi connectivity index (χ3v) is 4.72. The van der Waals surface area contributed by atoms with E-state index >= 15 is 0 Å². The number of hydrogen-bond donors (Lipinski definition) is 1. The Morgan fingerprint density at radius 3 is 2.37 bits per heavy atom. The van der Waals surface area contributed by atoms with Crippen molar-refractivity contribution in [1.29, 1.82) is 0 Å². The maximum Gasteiger partial charge on any atom is 0.306 e. The molecule has 1 N–H and O–H groups in total. The number of nitrogens with one attached hydrogen (secondary N) is 1. The quantitative estimate of drug-likeness (QED) is 0.526. The zero-order valence-electron chi connectivity index (χ0n) is 16.4. The van der Waals surface area contributed by atoms with Gasteiger partial charge in [0, 0.05) is 18.1 Å². The summed E-state index contributed by atoms with van der Waals surface area (Å²) in [6.07, 6.45) is 2.03. The fourth-order valence-electron chi connectivity index (χ4n) is 3.15. The Morgan fingerprint density at radius 2 is 1.70 bits per heavy atom. The molecule has 2 aromatic carbocycles. The van der Waals surface area contributed by atoms with Gasteiger partial charge in [-0.25, -0.2) is 0 Å². The van der Waals surface area contributed by atoms with Crippen LogP contribution in [0.15, 0.2) is 54.7 Å². The zero-order chi connectivity index (χ0) is 19.4. The summed E-state index contributed by atoms with van der Waals surface area (Å²) in [6.45, 7) is 7.99. The summed E-state index contributed by atoms with van der Waals surface area (Å²) >= 11 is 0.